The van der Waals surface area contributed by atoms with Crippen LogP contribution in [0.2, 0.25) is 0 Å². The van der Waals surface area contributed by atoms with Crippen LogP contribution in [0.1, 0.15) is 12.5 Å². The van der Waals surface area contributed by atoms with Gasteiger partial charge in [-0.15, -0.1) is 0 Å². The number of rotatable bonds is 0. The molecule has 1 aliphatic heterocycles. The third-order valence-electron chi connectivity index (χ3n) is 1.82. The van der Waals surface area contributed by atoms with E-state index in [4.69, 9.17) is 4.74 Å². The maximum absolute atomic E-state index is 9.49. The zero-order valence-electron chi connectivity index (χ0n) is 6.37. The molecule has 1 aromatic carbocycles. The van der Waals surface area contributed by atoms with Gasteiger partial charge >= 0.3 is 0 Å². The van der Waals surface area contributed by atoms with E-state index in [1.807, 2.05) is 24.3 Å². The van der Waals surface area contributed by atoms with Gasteiger partial charge in [0, 0.05) is 18.9 Å². The highest BCUT2D eigenvalue weighted by atomic mass is 16.6. The fourth-order valence-electron chi connectivity index (χ4n) is 1.38. The average Bonchev–Trinajstić information content (AvgIpc) is 2.21. The number of hydrogen-bond donors (Lipinski definition) is 1. The Morgan fingerprint density at radius 2 is 2.18 bits per heavy atom. The van der Waals surface area contributed by atoms with Crippen LogP contribution in [0.4, 0.5) is 0 Å². The van der Waals surface area contributed by atoms with Gasteiger partial charge in [0.2, 0.25) is 5.79 Å². The molecule has 1 atom stereocenters. The van der Waals surface area contributed by atoms with E-state index >= 15 is 0 Å². The SMILES string of the molecule is C[C@@]1(O)Cc2ccccc2O1. The molecule has 0 bridgehead atoms. The molecule has 2 rings (SSSR count). The second-order valence-electron chi connectivity index (χ2n) is 3.06. The Morgan fingerprint density at radius 3 is 2.91 bits per heavy atom. The van der Waals surface area contributed by atoms with E-state index in [-0.39, 0.29) is 0 Å². The third kappa shape index (κ3) is 1.10. The lowest BCUT2D eigenvalue weighted by Crippen LogP contribution is -2.28. The highest BCUT2D eigenvalue weighted by Crippen LogP contribution is 2.32. The normalized spacial score (nSPS) is 27.8. The van der Waals surface area contributed by atoms with Crippen LogP contribution in [0.5, 0.6) is 5.75 Å². The predicted molar refractivity (Wildman–Crippen MR) is 41.4 cm³/mol. The molecule has 0 radical (unpaired) electrons. The summed E-state index contributed by atoms with van der Waals surface area (Å²) >= 11 is 0. The molecule has 0 aliphatic carbocycles. The van der Waals surface area contributed by atoms with Crippen molar-refractivity contribution in [2.45, 2.75) is 19.1 Å². The molecular weight excluding hydrogens is 140 g/mol. The highest BCUT2D eigenvalue weighted by molar-refractivity contribution is 5.37. The minimum absolute atomic E-state index is 0.586. The average molecular weight is 150 g/mol. The molecule has 0 saturated heterocycles. The van der Waals surface area contributed by atoms with E-state index in [1.165, 1.54) is 0 Å². The summed E-state index contributed by atoms with van der Waals surface area (Å²) in [6, 6.07) is 7.69. The number of ether oxygens (including phenoxy) is 1. The van der Waals surface area contributed by atoms with E-state index in [9.17, 15) is 5.11 Å². The quantitative estimate of drug-likeness (QED) is 0.604. The lowest BCUT2D eigenvalue weighted by atomic mass is 10.1. The minimum atomic E-state index is -0.996. The van der Waals surface area contributed by atoms with Crippen molar-refractivity contribution >= 4 is 0 Å². The van der Waals surface area contributed by atoms with Gasteiger partial charge in [-0.2, -0.15) is 0 Å². The summed E-state index contributed by atoms with van der Waals surface area (Å²) in [6.45, 7) is 1.67. The van der Waals surface area contributed by atoms with Crippen molar-refractivity contribution in [2.24, 2.45) is 0 Å². The molecule has 0 unspecified atom stereocenters. The maximum atomic E-state index is 9.49. The van der Waals surface area contributed by atoms with E-state index in [0.29, 0.717) is 6.42 Å². The van der Waals surface area contributed by atoms with Crippen molar-refractivity contribution in [3.63, 3.8) is 0 Å². The van der Waals surface area contributed by atoms with E-state index in [1.54, 1.807) is 6.92 Å². The second-order valence-corrected chi connectivity index (χ2v) is 3.06. The summed E-state index contributed by atoms with van der Waals surface area (Å²) < 4.78 is 5.25. The zero-order chi connectivity index (χ0) is 7.90. The van der Waals surface area contributed by atoms with E-state index in [0.717, 1.165) is 11.3 Å². The van der Waals surface area contributed by atoms with E-state index in [2.05, 4.69) is 0 Å². The molecule has 2 nitrogen and oxygen atoms in total. The maximum Gasteiger partial charge on any atom is 0.209 e. The molecule has 0 amide bonds. The molecule has 1 heterocycles. The van der Waals surface area contributed by atoms with Crippen LogP contribution < -0.4 is 4.74 Å². The van der Waals surface area contributed by atoms with Gasteiger partial charge in [0.1, 0.15) is 5.75 Å². The highest BCUT2D eigenvalue weighted by Gasteiger charge is 2.31. The van der Waals surface area contributed by atoms with Crippen molar-refractivity contribution in [3.8, 4) is 5.75 Å². The molecule has 0 aromatic heterocycles. The summed E-state index contributed by atoms with van der Waals surface area (Å²) in [5, 5.41) is 9.49. The molecular formula is C9H10O2. The molecule has 0 saturated carbocycles. The molecule has 0 spiro atoms. The molecule has 1 N–H and O–H groups in total. The smallest absolute Gasteiger partial charge is 0.209 e. The van der Waals surface area contributed by atoms with Gasteiger partial charge in [-0.1, -0.05) is 18.2 Å². The third-order valence-corrected chi connectivity index (χ3v) is 1.82. The Hall–Kier alpha value is -1.02. The Kier molecular flexibility index (Phi) is 1.20. The van der Waals surface area contributed by atoms with Gasteiger partial charge in [0.05, 0.1) is 0 Å². The number of para-hydroxylation sites is 1. The Morgan fingerprint density at radius 1 is 1.45 bits per heavy atom. The van der Waals surface area contributed by atoms with Gasteiger partial charge in [-0.05, 0) is 6.07 Å². The topological polar surface area (TPSA) is 29.5 Å². The van der Waals surface area contributed by atoms with Gasteiger partial charge in [-0.3, -0.25) is 0 Å². The molecule has 11 heavy (non-hydrogen) atoms. The standard InChI is InChI=1S/C9H10O2/c1-9(10)6-7-4-2-3-5-8(7)11-9/h2-5,10H,6H2,1H3/t9-/m0/s1. The second kappa shape index (κ2) is 1.98. The van der Waals surface area contributed by atoms with Crippen LogP contribution in [0.25, 0.3) is 0 Å². The number of fused-ring (bicyclic) bond motifs is 1. The number of aliphatic hydroxyl groups is 1. The first-order valence-electron chi connectivity index (χ1n) is 3.67. The van der Waals surface area contributed by atoms with Crippen LogP contribution in [-0.4, -0.2) is 10.9 Å². The van der Waals surface area contributed by atoms with Crippen LogP contribution in [0.15, 0.2) is 24.3 Å². The molecule has 58 valence electrons. The summed E-state index contributed by atoms with van der Waals surface area (Å²) in [5.74, 6) is -0.193. The zero-order valence-corrected chi connectivity index (χ0v) is 6.37. The van der Waals surface area contributed by atoms with Crippen molar-refractivity contribution < 1.29 is 9.84 Å². The Bertz CT molecular complexity index is 252. The van der Waals surface area contributed by atoms with Gasteiger partial charge in [-0.25, -0.2) is 0 Å². The van der Waals surface area contributed by atoms with Gasteiger partial charge in [0.25, 0.3) is 0 Å². The fraction of sp³-hybridized carbons (Fsp3) is 0.333. The fourth-order valence-corrected chi connectivity index (χ4v) is 1.38. The summed E-state index contributed by atoms with van der Waals surface area (Å²) in [5.41, 5.74) is 1.08. The molecule has 0 fully saturated rings. The largest absolute Gasteiger partial charge is 0.462 e. The summed E-state index contributed by atoms with van der Waals surface area (Å²) in [7, 11) is 0. The van der Waals surface area contributed by atoms with Crippen LogP contribution in [-0.2, 0) is 6.42 Å². The first-order chi connectivity index (χ1) is 5.17. The van der Waals surface area contributed by atoms with Crippen LogP contribution >= 0.6 is 0 Å². The molecule has 1 aromatic rings. The van der Waals surface area contributed by atoms with E-state index < -0.39 is 5.79 Å². The molecule has 2 heteroatoms. The number of benzene rings is 1. The van der Waals surface area contributed by atoms with Gasteiger partial charge in [0.15, 0.2) is 0 Å². The number of hydrogen-bond acceptors (Lipinski definition) is 2. The Balaban J connectivity index is 2.41. The van der Waals surface area contributed by atoms with Crippen LogP contribution in [0.3, 0.4) is 0 Å². The van der Waals surface area contributed by atoms with Crippen molar-refractivity contribution in [1.29, 1.82) is 0 Å². The summed E-state index contributed by atoms with van der Waals surface area (Å²) in [4.78, 5) is 0. The van der Waals surface area contributed by atoms with Crippen molar-refractivity contribution in [1.82, 2.24) is 0 Å². The monoisotopic (exact) mass is 150 g/mol. The minimum Gasteiger partial charge on any atom is -0.462 e. The van der Waals surface area contributed by atoms with Crippen molar-refractivity contribution in [3.05, 3.63) is 29.8 Å². The Labute approximate surface area is 65.4 Å². The lowest BCUT2D eigenvalue weighted by Gasteiger charge is -2.14. The molecule has 1 aliphatic rings. The first-order valence-corrected chi connectivity index (χ1v) is 3.67. The summed E-state index contributed by atoms with van der Waals surface area (Å²) in [6.07, 6.45) is 0.586. The first kappa shape index (κ1) is 6.68. The van der Waals surface area contributed by atoms with Crippen molar-refractivity contribution in [2.75, 3.05) is 0 Å². The lowest BCUT2D eigenvalue weighted by molar-refractivity contribution is -0.104. The predicted octanol–water partition coefficient (Wildman–Crippen LogP) is 1.33. The van der Waals surface area contributed by atoms with Crippen LogP contribution in [0, 0.1) is 0 Å². The van der Waals surface area contributed by atoms with Gasteiger partial charge < -0.3 is 9.84 Å².